The van der Waals surface area contributed by atoms with Gasteiger partial charge in [-0.3, -0.25) is 4.79 Å². The summed E-state index contributed by atoms with van der Waals surface area (Å²) >= 11 is 0. The molecule has 2 aromatic rings. The minimum Gasteiger partial charge on any atom is -0.351 e. The zero-order chi connectivity index (χ0) is 16.4. The molecule has 1 saturated carbocycles. The summed E-state index contributed by atoms with van der Waals surface area (Å²) < 4.78 is 1.88. The third-order valence-corrected chi connectivity index (χ3v) is 4.90. The molecule has 2 aromatic heterocycles. The van der Waals surface area contributed by atoms with E-state index in [0.29, 0.717) is 18.5 Å². The zero-order valence-electron chi connectivity index (χ0n) is 13.5. The molecule has 1 aliphatic heterocycles. The van der Waals surface area contributed by atoms with Crippen molar-refractivity contribution in [2.75, 3.05) is 11.9 Å². The van der Waals surface area contributed by atoms with Gasteiger partial charge in [0.25, 0.3) is 0 Å². The Labute approximate surface area is 140 Å². The van der Waals surface area contributed by atoms with Gasteiger partial charge in [-0.25, -0.2) is 19.6 Å². The highest BCUT2D eigenvalue weighted by Crippen LogP contribution is 2.28. The smallest absolute Gasteiger partial charge is 0.226 e. The number of hydrogen-bond donors (Lipinski definition) is 1. The molecule has 8 heteroatoms. The molecule has 24 heavy (non-hydrogen) atoms. The second-order valence-corrected chi connectivity index (χ2v) is 6.42. The third kappa shape index (κ3) is 3.08. The summed E-state index contributed by atoms with van der Waals surface area (Å²) in [6, 6.07) is 2.15. The van der Waals surface area contributed by atoms with Crippen LogP contribution in [0, 0.1) is 5.92 Å². The maximum atomic E-state index is 12.8. The molecule has 0 unspecified atom stereocenters. The molecule has 0 spiro atoms. The van der Waals surface area contributed by atoms with Gasteiger partial charge < -0.3 is 10.2 Å². The summed E-state index contributed by atoms with van der Waals surface area (Å²) in [5.74, 6) is 1.93. The first-order valence-corrected chi connectivity index (χ1v) is 8.48. The van der Waals surface area contributed by atoms with Crippen molar-refractivity contribution < 1.29 is 4.79 Å². The van der Waals surface area contributed by atoms with Gasteiger partial charge >= 0.3 is 0 Å². The van der Waals surface area contributed by atoms with Crippen LogP contribution in [0.15, 0.2) is 24.8 Å². The van der Waals surface area contributed by atoms with E-state index in [-0.39, 0.29) is 11.8 Å². The number of nitrogens with one attached hydrogen (secondary N) is 1. The quantitative estimate of drug-likeness (QED) is 0.907. The molecule has 2 aliphatic rings. The number of carbonyl (C=O) groups is 1. The lowest BCUT2D eigenvalue weighted by Gasteiger charge is -2.34. The van der Waals surface area contributed by atoms with E-state index in [0.717, 1.165) is 44.6 Å². The maximum absolute atomic E-state index is 12.8. The number of aromatic nitrogens is 5. The van der Waals surface area contributed by atoms with E-state index < -0.39 is 0 Å². The first-order valence-electron chi connectivity index (χ1n) is 8.48. The fraction of sp³-hybridized carbons (Fsp3) is 0.562. The van der Waals surface area contributed by atoms with Crippen LogP contribution in [-0.4, -0.2) is 48.1 Å². The molecular weight excluding hydrogens is 306 g/mol. The van der Waals surface area contributed by atoms with Crippen LogP contribution in [0.25, 0.3) is 0 Å². The molecule has 8 nitrogen and oxygen atoms in total. The van der Waals surface area contributed by atoms with Gasteiger partial charge in [0.15, 0.2) is 0 Å². The van der Waals surface area contributed by atoms with E-state index in [2.05, 4.69) is 25.4 Å². The molecule has 0 saturated heterocycles. The van der Waals surface area contributed by atoms with Gasteiger partial charge in [-0.05, 0) is 31.7 Å². The molecule has 3 heterocycles. The molecular formula is C16H21N7O. The summed E-state index contributed by atoms with van der Waals surface area (Å²) in [6.45, 7) is 2.05. The topological polar surface area (TPSA) is 88.8 Å². The van der Waals surface area contributed by atoms with Crippen LogP contribution < -0.4 is 5.32 Å². The van der Waals surface area contributed by atoms with Crippen molar-refractivity contribution in [2.24, 2.45) is 5.92 Å². The van der Waals surface area contributed by atoms with Gasteiger partial charge in [-0.2, -0.15) is 5.10 Å². The van der Waals surface area contributed by atoms with Crippen molar-refractivity contribution >= 4 is 11.9 Å². The summed E-state index contributed by atoms with van der Waals surface area (Å²) in [5.41, 5.74) is 0. The van der Waals surface area contributed by atoms with Crippen LogP contribution >= 0.6 is 0 Å². The summed E-state index contributed by atoms with van der Waals surface area (Å²) in [7, 11) is 0. The minimum absolute atomic E-state index is 0.120. The lowest BCUT2D eigenvalue weighted by atomic mass is 9.85. The zero-order valence-corrected chi connectivity index (χ0v) is 13.5. The Morgan fingerprint density at radius 1 is 1.08 bits per heavy atom. The molecule has 4 rings (SSSR count). The van der Waals surface area contributed by atoms with Crippen molar-refractivity contribution in [3.05, 3.63) is 30.6 Å². The summed E-state index contributed by atoms with van der Waals surface area (Å²) in [5, 5.41) is 7.52. The van der Waals surface area contributed by atoms with Crippen molar-refractivity contribution in [3.63, 3.8) is 0 Å². The molecule has 0 bridgehead atoms. The van der Waals surface area contributed by atoms with Crippen molar-refractivity contribution in [1.82, 2.24) is 29.6 Å². The molecule has 1 amide bonds. The maximum Gasteiger partial charge on any atom is 0.226 e. The standard InChI is InChI=1S/C16H21N7O/c24-15(22-8-9-23-14(10-22)19-11-20-23)12-2-4-13(5-3-12)21-16-17-6-1-7-18-16/h1,6-7,11-13H,2-5,8-10H2,(H,17,18,21). The monoisotopic (exact) mass is 327 g/mol. The lowest BCUT2D eigenvalue weighted by molar-refractivity contribution is -0.138. The Balaban J connectivity index is 1.30. The van der Waals surface area contributed by atoms with E-state index in [4.69, 9.17) is 0 Å². The molecule has 1 N–H and O–H groups in total. The Kier molecular flexibility index (Phi) is 4.10. The Hall–Kier alpha value is -2.51. The molecule has 1 aliphatic carbocycles. The van der Waals surface area contributed by atoms with Gasteiger partial charge in [0, 0.05) is 30.9 Å². The second kappa shape index (κ2) is 6.54. The predicted octanol–water partition coefficient (Wildman–Crippen LogP) is 1.08. The number of hydrogen-bond acceptors (Lipinski definition) is 6. The van der Waals surface area contributed by atoms with E-state index in [1.165, 1.54) is 0 Å². The first-order chi connectivity index (χ1) is 11.8. The molecule has 0 atom stereocenters. The van der Waals surface area contributed by atoms with E-state index in [1.54, 1.807) is 24.8 Å². The van der Waals surface area contributed by atoms with Crippen LogP contribution in [0.4, 0.5) is 5.95 Å². The highest BCUT2D eigenvalue weighted by Gasteiger charge is 2.31. The van der Waals surface area contributed by atoms with E-state index >= 15 is 0 Å². The van der Waals surface area contributed by atoms with E-state index in [1.807, 2.05) is 9.58 Å². The van der Waals surface area contributed by atoms with Gasteiger partial charge in [-0.15, -0.1) is 0 Å². The van der Waals surface area contributed by atoms with Crippen LogP contribution in [0.3, 0.4) is 0 Å². The van der Waals surface area contributed by atoms with Crippen LogP contribution in [0.5, 0.6) is 0 Å². The SMILES string of the molecule is O=C(C1CCC(Nc2ncccn2)CC1)N1CCn2ncnc2C1. The number of amides is 1. The highest BCUT2D eigenvalue weighted by molar-refractivity contribution is 5.79. The molecule has 126 valence electrons. The number of fused-ring (bicyclic) bond motifs is 1. The fourth-order valence-electron chi connectivity index (χ4n) is 3.55. The molecule has 0 radical (unpaired) electrons. The normalized spacial score (nSPS) is 23.6. The minimum atomic E-state index is 0.120. The average Bonchev–Trinajstić information content (AvgIpc) is 3.10. The van der Waals surface area contributed by atoms with Crippen LogP contribution in [0.2, 0.25) is 0 Å². The van der Waals surface area contributed by atoms with Gasteiger partial charge in [0.05, 0.1) is 13.1 Å². The fourth-order valence-corrected chi connectivity index (χ4v) is 3.55. The first kappa shape index (κ1) is 15.0. The lowest BCUT2D eigenvalue weighted by Crippen LogP contribution is -2.43. The van der Waals surface area contributed by atoms with E-state index in [9.17, 15) is 4.79 Å². The second-order valence-electron chi connectivity index (χ2n) is 6.42. The third-order valence-electron chi connectivity index (χ3n) is 4.90. The van der Waals surface area contributed by atoms with Crippen LogP contribution in [-0.2, 0) is 17.9 Å². The van der Waals surface area contributed by atoms with Gasteiger partial charge in [-0.1, -0.05) is 0 Å². The Bertz CT molecular complexity index is 693. The number of rotatable bonds is 3. The predicted molar refractivity (Wildman–Crippen MR) is 86.8 cm³/mol. The van der Waals surface area contributed by atoms with Crippen LogP contribution in [0.1, 0.15) is 31.5 Å². The molecule has 0 aromatic carbocycles. The Morgan fingerprint density at radius 2 is 1.88 bits per heavy atom. The number of carbonyl (C=O) groups excluding carboxylic acids is 1. The molecule has 1 fully saturated rings. The van der Waals surface area contributed by atoms with Crippen molar-refractivity contribution in [3.8, 4) is 0 Å². The average molecular weight is 327 g/mol. The highest BCUT2D eigenvalue weighted by atomic mass is 16.2. The van der Waals surface area contributed by atoms with Crippen molar-refractivity contribution in [2.45, 2.75) is 44.8 Å². The van der Waals surface area contributed by atoms with Gasteiger partial charge in [0.2, 0.25) is 11.9 Å². The number of nitrogens with zero attached hydrogens (tertiary/aromatic N) is 6. The Morgan fingerprint density at radius 3 is 2.67 bits per heavy atom. The van der Waals surface area contributed by atoms with Gasteiger partial charge in [0.1, 0.15) is 12.2 Å². The van der Waals surface area contributed by atoms with Crippen molar-refractivity contribution in [1.29, 1.82) is 0 Å². The number of anilines is 1. The summed E-state index contributed by atoms with van der Waals surface area (Å²) in [4.78, 5) is 27.3. The largest absolute Gasteiger partial charge is 0.351 e. The summed E-state index contributed by atoms with van der Waals surface area (Å²) in [6.07, 6.45) is 8.79.